The third-order valence-corrected chi connectivity index (χ3v) is 5.20. The molecule has 2 heterocycles. The lowest BCUT2D eigenvalue weighted by atomic mass is 10.1. The van der Waals surface area contributed by atoms with Gasteiger partial charge in [-0.05, 0) is 50.8 Å². The number of unbranched alkanes of at least 4 members (excludes halogenated alkanes) is 1. The number of aromatic nitrogens is 1. The van der Waals surface area contributed by atoms with Crippen LogP contribution in [0.1, 0.15) is 51.4 Å². The molecule has 1 atom stereocenters. The first kappa shape index (κ1) is 20.3. The van der Waals surface area contributed by atoms with Crippen molar-refractivity contribution in [2.75, 3.05) is 31.6 Å². The normalized spacial score (nSPS) is 18.3. The van der Waals surface area contributed by atoms with Crippen molar-refractivity contribution < 1.29 is 0 Å². The van der Waals surface area contributed by atoms with Crippen molar-refractivity contribution >= 4 is 11.3 Å². The minimum absolute atomic E-state index is 0.781. The smallest absolute Gasteiger partial charge is 0.0707 e. The molecule has 0 aromatic carbocycles. The van der Waals surface area contributed by atoms with Crippen molar-refractivity contribution in [1.82, 2.24) is 9.88 Å². The Balaban J connectivity index is 2.23. The number of allylic oxidation sites excluding steroid dienone is 5. The second-order valence-corrected chi connectivity index (χ2v) is 7.56. The average Bonchev–Trinajstić information content (AvgIpc) is 3.05. The number of anilines is 1. The van der Waals surface area contributed by atoms with Crippen LogP contribution in [-0.4, -0.2) is 36.6 Å². The quantitative estimate of drug-likeness (QED) is 0.580. The zero-order chi connectivity index (χ0) is 19.1. The highest BCUT2D eigenvalue weighted by Gasteiger charge is 2.19. The van der Waals surface area contributed by atoms with E-state index in [0.717, 1.165) is 42.5 Å². The SMILES string of the molecule is C=C/C=C(\C=C(/C)N1CC[C@@H](C)C1)c1ccc(N(C)CCCC)c(C)n1. The molecule has 0 unspecified atom stereocenters. The minimum Gasteiger partial charge on any atom is -0.375 e. The van der Waals surface area contributed by atoms with Crippen LogP contribution in [0.5, 0.6) is 0 Å². The number of likely N-dealkylation sites (tertiary alicyclic amines) is 1. The molecule has 0 radical (unpaired) electrons. The molecule has 0 amide bonds. The van der Waals surface area contributed by atoms with Gasteiger partial charge in [0.05, 0.1) is 17.1 Å². The molecule has 2 rings (SSSR count). The fourth-order valence-corrected chi connectivity index (χ4v) is 3.54. The first-order chi connectivity index (χ1) is 12.5. The van der Waals surface area contributed by atoms with Crippen molar-refractivity contribution in [3.63, 3.8) is 0 Å². The highest BCUT2D eigenvalue weighted by molar-refractivity contribution is 5.74. The maximum Gasteiger partial charge on any atom is 0.0707 e. The standard InChI is InChI=1S/C23H35N3/c1-7-9-14-25(6)23-12-11-22(24-20(23)5)21(10-8-2)16-19(4)26-15-13-18(3)17-26/h8,10-12,16,18H,2,7,9,13-15,17H2,1,3-6H3/b19-16+,21-10+/t18-/m1/s1. The molecule has 1 saturated heterocycles. The van der Waals surface area contributed by atoms with Crippen LogP contribution in [0, 0.1) is 12.8 Å². The molecule has 1 aromatic rings. The molecule has 3 heteroatoms. The van der Waals surface area contributed by atoms with E-state index in [4.69, 9.17) is 4.98 Å². The highest BCUT2D eigenvalue weighted by Crippen LogP contribution is 2.25. The summed E-state index contributed by atoms with van der Waals surface area (Å²) in [6.07, 6.45) is 9.86. The second kappa shape index (κ2) is 9.61. The fraction of sp³-hybridized carbons (Fsp3) is 0.522. The van der Waals surface area contributed by atoms with Gasteiger partial charge < -0.3 is 9.80 Å². The topological polar surface area (TPSA) is 19.4 Å². The lowest BCUT2D eigenvalue weighted by molar-refractivity contribution is 0.412. The van der Waals surface area contributed by atoms with Crippen LogP contribution in [0.25, 0.3) is 5.57 Å². The Kier molecular flexibility index (Phi) is 7.50. The van der Waals surface area contributed by atoms with E-state index in [-0.39, 0.29) is 0 Å². The Labute approximate surface area is 160 Å². The van der Waals surface area contributed by atoms with Gasteiger partial charge in [-0.2, -0.15) is 0 Å². The molecule has 0 saturated carbocycles. The third kappa shape index (κ3) is 5.23. The van der Waals surface area contributed by atoms with E-state index in [9.17, 15) is 0 Å². The van der Waals surface area contributed by atoms with Gasteiger partial charge in [0.2, 0.25) is 0 Å². The summed E-state index contributed by atoms with van der Waals surface area (Å²) >= 11 is 0. The Morgan fingerprint density at radius 3 is 2.77 bits per heavy atom. The summed E-state index contributed by atoms with van der Waals surface area (Å²) in [7, 11) is 2.15. The molecule has 0 spiro atoms. The number of rotatable bonds is 8. The molecule has 0 N–H and O–H groups in total. The van der Waals surface area contributed by atoms with Crippen LogP contribution < -0.4 is 4.90 Å². The van der Waals surface area contributed by atoms with Crippen LogP contribution in [0.15, 0.2) is 42.6 Å². The van der Waals surface area contributed by atoms with Crippen molar-refractivity contribution in [3.05, 3.63) is 54.0 Å². The second-order valence-electron chi connectivity index (χ2n) is 7.56. The summed E-state index contributed by atoms with van der Waals surface area (Å²) < 4.78 is 0. The predicted molar refractivity (Wildman–Crippen MR) is 114 cm³/mol. The van der Waals surface area contributed by atoms with Gasteiger partial charge >= 0.3 is 0 Å². The van der Waals surface area contributed by atoms with Gasteiger partial charge in [0.25, 0.3) is 0 Å². The van der Waals surface area contributed by atoms with Crippen molar-refractivity contribution in [2.45, 2.75) is 47.0 Å². The van der Waals surface area contributed by atoms with Gasteiger partial charge in [-0.15, -0.1) is 0 Å². The van der Waals surface area contributed by atoms with Gasteiger partial charge in [0, 0.05) is 38.0 Å². The molecule has 1 fully saturated rings. The number of hydrogen-bond acceptors (Lipinski definition) is 3. The molecular weight excluding hydrogens is 318 g/mol. The average molecular weight is 354 g/mol. The Bertz CT molecular complexity index is 672. The highest BCUT2D eigenvalue weighted by atomic mass is 15.2. The lowest BCUT2D eigenvalue weighted by Gasteiger charge is -2.22. The first-order valence-electron chi connectivity index (χ1n) is 9.91. The molecule has 1 aromatic heterocycles. The molecule has 3 nitrogen and oxygen atoms in total. The predicted octanol–water partition coefficient (Wildman–Crippen LogP) is 5.44. The van der Waals surface area contributed by atoms with Gasteiger partial charge in [0.15, 0.2) is 0 Å². The van der Waals surface area contributed by atoms with E-state index in [1.54, 1.807) is 0 Å². The van der Waals surface area contributed by atoms with E-state index < -0.39 is 0 Å². The number of nitrogens with zero attached hydrogens (tertiary/aromatic N) is 3. The molecule has 0 aliphatic carbocycles. The zero-order valence-electron chi connectivity index (χ0n) is 17.3. The largest absolute Gasteiger partial charge is 0.375 e. The van der Waals surface area contributed by atoms with E-state index >= 15 is 0 Å². The van der Waals surface area contributed by atoms with Gasteiger partial charge in [0.1, 0.15) is 0 Å². The number of pyridine rings is 1. The van der Waals surface area contributed by atoms with E-state index in [1.807, 2.05) is 6.08 Å². The Morgan fingerprint density at radius 1 is 1.42 bits per heavy atom. The maximum atomic E-state index is 4.90. The van der Waals surface area contributed by atoms with Crippen LogP contribution in [0.2, 0.25) is 0 Å². The number of aryl methyl sites for hydroxylation is 1. The van der Waals surface area contributed by atoms with Crippen molar-refractivity contribution in [2.24, 2.45) is 5.92 Å². The summed E-state index contributed by atoms with van der Waals surface area (Å²) in [4.78, 5) is 9.67. The summed E-state index contributed by atoms with van der Waals surface area (Å²) in [6.45, 7) is 16.1. The van der Waals surface area contributed by atoms with E-state index in [1.165, 1.54) is 30.6 Å². The minimum atomic E-state index is 0.781. The fourth-order valence-electron chi connectivity index (χ4n) is 3.54. The van der Waals surface area contributed by atoms with Crippen LogP contribution in [-0.2, 0) is 0 Å². The monoisotopic (exact) mass is 353 g/mol. The number of hydrogen-bond donors (Lipinski definition) is 0. The van der Waals surface area contributed by atoms with Gasteiger partial charge in [-0.3, -0.25) is 4.98 Å². The van der Waals surface area contributed by atoms with Crippen LogP contribution >= 0.6 is 0 Å². The van der Waals surface area contributed by atoms with Crippen LogP contribution in [0.4, 0.5) is 5.69 Å². The van der Waals surface area contributed by atoms with Crippen molar-refractivity contribution in [1.29, 1.82) is 0 Å². The summed E-state index contributed by atoms with van der Waals surface area (Å²) in [5.74, 6) is 0.781. The molecule has 1 aliphatic rings. The Hall–Kier alpha value is -2.03. The maximum absolute atomic E-state index is 4.90. The molecule has 26 heavy (non-hydrogen) atoms. The molecule has 1 aliphatic heterocycles. The van der Waals surface area contributed by atoms with Crippen LogP contribution in [0.3, 0.4) is 0 Å². The van der Waals surface area contributed by atoms with Crippen molar-refractivity contribution in [3.8, 4) is 0 Å². The van der Waals surface area contributed by atoms with Gasteiger partial charge in [-0.1, -0.05) is 39.0 Å². The summed E-state index contributed by atoms with van der Waals surface area (Å²) in [5.41, 5.74) is 5.75. The first-order valence-corrected chi connectivity index (χ1v) is 9.91. The lowest BCUT2D eigenvalue weighted by Crippen LogP contribution is -2.20. The zero-order valence-corrected chi connectivity index (χ0v) is 17.3. The molecule has 142 valence electrons. The third-order valence-electron chi connectivity index (χ3n) is 5.20. The molecular formula is C23H35N3. The molecule has 0 bridgehead atoms. The van der Waals surface area contributed by atoms with E-state index in [2.05, 4.69) is 75.4 Å². The van der Waals surface area contributed by atoms with Gasteiger partial charge in [-0.25, -0.2) is 0 Å². The van der Waals surface area contributed by atoms with E-state index in [0.29, 0.717) is 0 Å². The summed E-state index contributed by atoms with van der Waals surface area (Å²) in [5, 5.41) is 0. The Morgan fingerprint density at radius 2 is 2.19 bits per heavy atom. The summed E-state index contributed by atoms with van der Waals surface area (Å²) in [6, 6.07) is 4.34.